The van der Waals surface area contributed by atoms with E-state index in [-0.39, 0.29) is 5.56 Å². The Morgan fingerprint density at radius 2 is 0.829 bits per heavy atom. The first-order valence-corrected chi connectivity index (χ1v) is 25.3. The van der Waals surface area contributed by atoms with Crippen LogP contribution < -0.4 is 37.4 Å². The molecule has 4 aromatic carbocycles. The summed E-state index contributed by atoms with van der Waals surface area (Å²) in [6.45, 7) is 18.3. The van der Waals surface area contributed by atoms with Gasteiger partial charge >= 0.3 is 18.2 Å². The highest BCUT2D eigenvalue weighted by Crippen LogP contribution is 2.21. The minimum Gasteiger partial charge on any atom is -0.467 e. The zero-order valence-electron chi connectivity index (χ0n) is 45.4. The maximum atomic E-state index is 13.0. The molecule has 0 unspecified atom stereocenters. The van der Waals surface area contributed by atoms with Gasteiger partial charge in [0.2, 0.25) is 0 Å². The van der Waals surface area contributed by atoms with Crippen LogP contribution in [0.4, 0.5) is 9.59 Å². The fourth-order valence-corrected chi connectivity index (χ4v) is 7.21. The van der Waals surface area contributed by atoms with E-state index in [9.17, 15) is 34.0 Å². The molecule has 2 fully saturated rings. The smallest absolute Gasteiger partial charge is 0.408 e. The maximum absolute atomic E-state index is 13.0. The van der Waals surface area contributed by atoms with Crippen LogP contribution in [0.3, 0.4) is 0 Å². The second kappa shape index (κ2) is 26.2. The fourth-order valence-electron chi connectivity index (χ4n) is 7.21. The third kappa shape index (κ3) is 20.2. The van der Waals surface area contributed by atoms with Gasteiger partial charge in [-0.05, 0) is 179 Å². The molecule has 0 radical (unpaired) electrons. The molecule has 2 saturated carbocycles. The monoisotopic (exact) mass is 1040 g/mol. The van der Waals surface area contributed by atoms with E-state index < -0.39 is 70.2 Å². The minimum absolute atomic E-state index is 0.284. The van der Waals surface area contributed by atoms with Crippen LogP contribution >= 0.6 is 0 Å². The molecule has 0 saturated heterocycles. The number of alkyl carbamates (subject to hydrolysis) is 2. The van der Waals surface area contributed by atoms with E-state index in [0.29, 0.717) is 17.6 Å². The van der Waals surface area contributed by atoms with Gasteiger partial charge in [0, 0.05) is 58.6 Å². The summed E-state index contributed by atoms with van der Waals surface area (Å²) in [5.74, 6) is 9.80. The molecule has 17 nitrogen and oxygen atoms in total. The number of amides is 5. The van der Waals surface area contributed by atoms with E-state index in [0.717, 1.165) is 35.3 Å². The summed E-state index contributed by atoms with van der Waals surface area (Å²) in [4.78, 5) is 75.3. The lowest BCUT2D eigenvalue weighted by Gasteiger charge is -2.34. The van der Waals surface area contributed by atoms with Gasteiger partial charge in [-0.1, -0.05) is 47.9 Å². The highest BCUT2D eigenvalue weighted by Gasteiger charge is 2.41. The van der Waals surface area contributed by atoms with Crippen molar-refractivity contribution >= 4 is 35.9 Å². The largest absolute Gasteiger partial charge is 0.467 e. The second-order valence-corrected chi connectivity index (χ2v) is 21.9. The lowest BCUT2D eigenvalue weighted by molar-refractivity contribution is -0.144. The van der Waals surface area contributed by atoms with Gasteiger partial charge in [-0.25, -0.2) is 19.9 Å². The molecule has 17 heteroatoms. The number of methoxy groups -OCH3 is 1. The number of benzene rings is 4. The molecule has 2 aliphatic carbocycles. The average Bonchev–Trinajstić information content (AvgIpc) is 4.31. The molecular weight excluding hydrogens is 967 g/mol. The molecule has 8 N–H and O–H groups in total. The number of hydroxylamine groups is 1. The SMILES string of the molecule is CC(C)(C)OC(=O)NC(C)(C)[C@H](NC(=O)c1ccc(C#Cc2ccc(CNC3CC3)cc2)cc1)C(=O)NO.COC(=O)[C@@H](NC(=O)c1ccc(C#Cc2ccc(CNC3CC3)cc2)cc1)C(C)(C)NC(=O)OC(C)(C)C. The van der Waals surface area contributed by atoms with Crippen molar-refractivity contribution in [1.82, 2.24) is 37.4 Å². The lowest BCUT2D eigenvalue weighted by Crippen LogP contribution is -2.64. The Labute approximate surface area is 446 Å². The van der Waals surface area contributed by atoms with Crippen molar-refractivity contribution in [2.75, 3.05) is 7.11 Å². The molecule has 2 atom stereocenters. The Balaban J connectivity index is 0.000000281. The third-order valence-corrected chi connectivity index (χ3v) is 11.7. The maximum Gasteiger partial charge on any atom is 0.408 e. The zero-order chi connectivity index (χ0) is 55.8. The number of rotatable bonds is 16. The van der Waals surface area contributed by atoms with Gasteiger partial charge in [-0.3, -0.25) is 19.6 Å². The summed E-state index contributed by atoms with van der Waals surface area (Å²) in [5, 5.41) is 26.7. The molecule has 0 spiro atoms. The Hall–Kier alpha value is -7.70. The van der Waals surface area contributed by atoms with Crippen LogP contribution in [0.2, 0.25) is 0 Å². The summed E-state index contributed by atoms with van der Waals surface area (Å²) in [6.07, 6.45) is 3.56. The van der Waals surface area contributed by atoms with E-state index >= 15 is 0 Å². The van der Waals surface area contributed by atoms with Gasteiger partial charge < -0.3 is 46.1 Å². The molecule has 404 valence electrons. The number of hydrogen-bond donors (Lipinski definition) is 8. The van der Waals surface area contributed by atoms with Crippen LogP contribution in [0.1, 0.15) is 149 Å². The number of ether oxygens (including phenoxy) is 3. The number of esters is 1. The summed E-state index contributed by atoms with van der Waals surface area (Å²) in [6, 6.07) is 28.5. The standard InChI is InChI=1S/C30H37N3O5.C29H36N4O5/c1-29(2,3)38-28(36)33-30(4,5)25(27(35)37-6)32-26(34)23-15-13-21(14-16-23)8-7-20-9-11-22(12-10-20)19-31-24-17-18-24;1-28(2,3)38-27(36)32-29(4,5)24(26(35)33-37)31-25(34)22-14-12-20(13-15-22)7-6-19-8-10-21(11-9-19)18-30-23-16-17-23/h9-16,24-25,31H,17-19H2,1-6H3,(H,32,34)(H,33,36);8-15,23-24,30,37H,16-18H2,1-5H3,(H,31,34)(H,32,36)(H,33,35)/t25-;24-/m11/s1. The van der Waals surface area contributed by atoms with E-state index in [1.54, 1.807) is 109 Å². The van der Waals surface area contributed by atoms with Crippen LogP contribution in [0.15, 0.2) is 97.1 Å². The Bertz CT molecular complexity index is 2590. The number of carbonyl (C=O) groups is 6. The highest BCUT2D eigenvalue weighted by atomic mass is 16.6. The predicted octanol–water partition coefficient (Wildman–Crippen LogP) is 7.16. The van der Waals surface area contributed by atoms with E-state index in [4.69, 9.17) is 14.2 Å². The number of nitrogens with one attached hydrogen (secondary N) is 7. The van der Waals surface area contributed by atoms with Gasteiger partial charge in [-0.2, -0.15) is 0 Å². The molecule has 76 heavy (non-hydrogen) atoms. The summed E-state index contributed by atoms with van der Waals surface area (Å²) in [7, 11) is 1.22. The summed E-state index contributed by atoms with van der Waals surface area (Å²) in [5.41, 5.74) is 3.92. The summed E-state index contributed by atoms with van der Waals surface area (Å²) < 4.78 is 15.4. The molecule has 6 rings (SSSR count). The molecule has 2 aliphatic rings. The van der Waals surface area contributed by atoms with E-state index in [1.165, 1.54) is 57.8 Å². The van der Waals surface area contributed by atoms with Gasteiger partial charge in [0.25, 0.3) is 17.7 Å². The minimum atomic E-state index is -1.30. The zero-order valence-corrected chi connectivity index (χ0v) is 45.4. The first-order valence-electron chi connectivity index (χ1n) is 25.3. The molecule has 0 aliphatic heterocycles. The van der Waals surface area contributed by atoms with Crippen molar-refractivity contribution in [2.45, 2.75) is 154 Å². The van der Waals surface area contributed by atoms with Crippen LogP contribution in [-0.2, 0) is 36.9 Å². The number of hydrogen-bond acceptors (Lipinski definition) is 12. The molecule has 4 aromatic rings. The quantitative estimate of drug-likeness (QED) is 0.0184. The van der Waals surface area contributed by atoms with Crippen LogP contribution in [0.5, 0.6) is 0 Å². The van der Waals surface area contributed by atoms with Crippen molar-refractivity contribution in [3.05, 3.63) is 142 Å². The normalized spacial score (nSPS) is 13.9. The van der Waals surface area contributed by atoms with Crippen molar-refractivity contribution < 1.29 is 48.2 Å². The van der Waals surface area contributed by atoms with E-state index in [2.05, 4.69) is 79.8 Å². The highest BCUT2D eigenvalue weighted by molar-refractivity contribution is 5.98. The fraction of sp³-hybridized carbons (Fsp3) is 0.424. The van der Waals surface area contributed by atoms with Crippen molar-refractivity contribution in [1.29, 1.82) is 0 Å². The van der Waals surface area contributed by atoms with Crippen molar-refractivity contribution in [3.8, 4) is 23.7 Å². The van der Waals surface area contributed by atoms with Crippen molar-refractivity contribution in [3.63, 3.8) is 0 Å². The molecular formula is C59H73N7O10. The van der Waals surface area contributed by atoms with Crippen LogP contribution in [0.25, 0.3) is 0 Å². The lowest BCUT2D eigenvalue weighted by atomic mass is 9.93. The van der Waals surface area contributed by atoms with Crippen LogP contribution in [-0.4, -0.2) is 94.6 Å². The third-order valence-electron chi connectivity index (χ3n) is 11.7. The first kappa shape index (κ1) is 59.2. The molecule has 0 aromatic heterocycles. The van der Waals surface area contributed by atoms with E-state index in [1.807, 2.05) is 24.3 Å². The van der Waals surface area contributed by atoms with Gasteiger partial charge in [0.15, 0.2) is 0 Å². The van der Waals surface area contributed by atoms with Crippen molar-refractivity contribution in [2.24, 2.45) is 0 Å². The molecule has 5 amide bonds. The Morgan fingerprint density at radius 1 is 0.513 bits per heavy atom. The van der Waals surface area contributed by atoms with Gasteiger partial charge in [0.1, 0.15) is 23.3 Å². The molecule has 0 bridgehead atoms. The number of carbonyl (C=O) groups excluding carboxylic acids is 6. The first-order chi connectivity index (χ1) is 35.7. The Morgan fingerprint density at radius 3 is 1.13 bits per heavy atom. The van der Waals surface area contributed by atoms with Gasteiger partial charge in [-0.15, -0.1) is 0 Å². The predicted molar refractivity (Wildman–Crippen MR) is 289 cm³/mol. The average molecular weight is 1040 g/mol. The topological polar surface area (TPSA) is 235 Å². The molecule has 0 heterocycles. The summed E-state index contributed by atoms with van der Waals surface area (Å²) >= 11 is 0. The van der Waals surface area contributed by atoms with Crippen LogP contribution in [0, 0.1) is 23.7 Å². The van der Waals surface area contributed by atoms with Gasteiger partial charge in [0.05, 0.1) is 18.2 Å². The second-order valence-electron chi connectivity index (χ2n) is 21.9. The Kier molecular flexibility index (Phi) is 20.4.